The standard InChI is InChI=1S/C12H21N3OS2/c1-4-8-9(18-7-6-17-8)10-14-11(16-15-10)12(3,13)5-2/h8-9H,4-7,13H2,1-3H3. The van der Waals surface area contributed by atoms with Crippen molar-refractivity contribution in [1.82, 2.24) is 10.1 Å². The highest BCUT2D eigenvalue weighted by Crippen LogP contribution is 2.43. The number of aromatic nitrogens is 2. The molecule has 18 heavy (non-hydrogen) atoms. The third kappa shape index (κ3) is 2.86. The van der Waals surface area contributed by atoms with Crippen LogP contribution in [0.25, 0.3) is 0 Å². The first-order valence-corrected chi connectivity index (χ1v) is 8.54. The maximum Gasteiger partial charge on any atom is 0.246 e. The zero-order valence-corrected chi connectivity index (χ0v) is 12.8. The fraction of sp³-hybridized carbons (Fsp3) is 0.833. The second-order valence-electron chi connectivity index (χ2n) is 4.84. The van der Waals surface area contributed by atoms with Gasteiger partial charge in [-0.25, -0.2) is 0 Å². The Morgan fingerprint density at radius 3 is 2.78 bits per heavy atom. The third-order valence-electron chi connectivity index (χ3n) is 3.37. The van der Waals surface area contributed by atoms with Gasteiger partial charge in [0.25, 0.3) is 0 Å². The molecule has 3 atom stereocenters. The first kappa shape index (κ1) is 14.2. The van der Waals surface area contributed by atoms with Crippen LogP contribution in [0.1, 0.15) is 50.6 Å². The van der Waals surface area contributed by atoms with Gasteiger partial charge < -0.3 is 10.3 Å². The van der Waals surface area contributed by atoms with Gasteiger partial charge in [0.2, 0.25) is 5.89 Å². The largest absolute Gasteiger partial charge is 0.337 e. The third-order valence-corrected chi connectivity index (χ3v) is 6.61. The summed E-state index contributed by atoms with van der Waals surface area (Å²) in [6.45, 7) is 6.19. The van der Waals surface area contributed by atoms with E-state index in [-0.39, 0.29) is 0 Å². The predicted molar refractivity (Wildman–Crippen MR) is 77.9 cm³/mol. The molecule has 2 N–H and O–H groups in total. The van der Waals surface area contributed by atoms with Crippen molar-refractivity contribution in [3.8, 4) is 0 Å². The molecule has 102 valence electrons. The lowest BCUT2D eigenvalue weighted by molar-refractivity contribution is 0.290. The lowest BCUT2D eigenvalue weighted by atomic mass is 10.0. The van der Waals surface area contributed by atoms with E-state index in [1.165, 1.54) is 5.75 Å². The molecule has 0 aromatic carbocycles. The van der Waals surface area contributed by atoms with Crippen LogP contribution in [-0.4, -0.2) is 26.9 Å². The summed E-state index contributed by atoms with van der Waals surface area (Å²) in [6, 6.07) is 0. The van der Waals surface area contributed by atoms with Crippen LogP contribution in [0.15, 0.2) is 4.52 Å². The molecule has 1 aliphatic rings. The average molecular weight is 287 g/mol. The second-order valence-corrected chi connectivity index (χ2v) is 7.43. The van der Waals surface area contributed by atoms with Crippen molar-refractivity contribution in [2.24, 2.45) is 5.73 Å². The lowest BCUT2D eigenvalue weighted by Gasteiger charge is -2.27. The maximum atomic E-state index is 6.14. The zero-order chi connectivity index (χ0) is 13.2. The Bertz CT molecular complexity index is 394. The summed E-state index contributed by atoms with van der Waals surface area (Å²) in [4.78, 5) is 4.54. The molecule has 0 spiro atoms. The van der Waals surface area contributed by atoms with E-state index in [4.69, 9.17) is 10.3 Å². The summed E-state index contributed by atoms with van der Waals surface area (Å²) in [5.74, 6) is 3.75. The second kappa shape index (κ2) is 5.84. The predicted octanol–water partition coefficient (Wildman–Crippen LogP) is 2.95. The minimum absolute atomic E-state index is 0.346. The number of hydrogen-bond acceptors (Lipinski definition) is 6. The van der Waals surface area contributed by atoms with Crippen molar-refractivity contribution in [2.75, 3.05) is 11.5 Å². The number of hydrogen-bond donors (Lipinski definition) is 1. The fourth-order valence-electron chi connectivity index (χ4n) is 1.88. The molecular formula is C12H21N3OS2. The zero-order valence-electron chi connectivity index (χ0n) is 11.2. The van der Waals surface area contributed by atoms with Crippen molar-refractivity contribution >= 4 is 23.5 Å². The van der Waals surface area contributed by atoms with Crippen molar-refractivity contribution < 1.29 is 4.52 Å². The van der Waals surface area contributed by atoms with Crippen LogP contribution < -0.4 is 5.73 Å². The molecule has 1 aromatic rings. The van der Waals surface area contributed by atoms with E-state index in [0.717, 1.165) is 24.4 Å². The van der Waals surface area contributed by atoms with Gasteiger partial charge in [0.1, 0.15) is 0 Å². The topological polar surface area (TPSA) is 64.9 Å². The summed E-state index contributed by atoms with van der Waals surface area (Å²) in [6.07, 6.45) is 1.93. The van der Waals surface area contributed by atoms with Gasteiger partial charge in [0, 0.05) is 16.8 Å². The van der Waals surface area contributed by atoms with Gasteiger partial charge >= 0.3 is 0 Å². The molecule has 2 rings (SSSR count). The molecule has 0 radical (unpaired) electrons. The molecule has 0 amide bonds. The highest BCUT2D eigenvalue weighted by molar-refractivity contribution is 8.06. The molecule has 0 saturated carbocycles. The Hall–Kier alpha value is -0.200. The Labute approximate surface area is 117 Å². The Balaban J connectivity index is 2.18. The normalized spacial score (nSPS) is 28.0. The molecule has 6 heteroatoms. The summed E-state index contributed by atoms with van der Waals surface area (Å²) in [5, 5.41) is 5.08. The fourth-order valence-corrected chi connectivity index (χ4v) is 4.86. The molecule has 0 aliphatic carbocycles. The smallest absolute Gasteiger partial charge is 0.246 e. The average Bonchev–Trinajstić information content (AvgIpc) is 2.89. The van der Waals surface area contributed by atoms with Gasteiger partial charge in [-0.05, 0) is 19.8 Å². The van der Waals surface area contributed by atoms with Crippen LogP contribution in [-0.2, 0) is 5.54 Å². The molecule has 1 fully saturated rings. The van der Waals surface area contributed by atoms with E-state index in [1.54, 1.807) is 0 Å². The molecule has 1 aliphatic heterocycles. The lowest BCUT2D eigenvalue weighted by Crippen LogP contribution is -2.32. The molecule has 0 bridgehead atoms. The highest BCUT2D eigenvalue weighted by atomic mass is 32.2. The van der Waals surface area contributed by atoms with E-state index < -0.39 is 5.54 Å². The van der Waals surface area contributed by atoms with Crippen LogP contribution in [0, 0.1) is 0 Å². The molecule has 3 unspecified atom stereocenters. The molecule has 4 nitrogen and oxygen atoms in total. The van der Waals surface area contributed by atoms with Crippen LogP contribution in [0.3, 0.4) is 0 Å². The van der Waals surface area contributed by atoms with Gasteiger partial charge in [0.15, 0.2) is 5.82 Å². The van der Waals surface area contributed by atoms with Gasteiger partial charge in [-0.15, -0.1) is 11.8 Å². The van der Waals surface area contributed by atoms with Gasteiger partial charge in [-0.2, -0.15) is 16.7 Å². The van der Waals surface area contributed by atoms with E-state index in [9.17, 15) is 0 Å². The van der Waals surface area contributed by atoms with Gasteiger partial charge in [-0.3, -0.25) is 0 Å². The molecular weight excluding hydrogens is 266 g/mol. The Morgan fingerprint density at radius 2 is 2.11 bits per heavy atom. The maximum absolute atomic E-state index is 6.14. The molecule has 1 saturated heterocycles. The monoisotopic (exact) mass is 287 g/mol. The summed E-state index contributed by atoms with van der Waals surface area (Å²) in [7, 11) is 0. The minimum Gasteiger partial charge on any atom is -0.337 e. The van der Waals surface area contributed by atoms with Crippen molar-refractivity contribution in [3.05, 3.63) is 11.7 Å². The number of nitrogens with two attached hydrogens (primary N) is 1. The molecule has 1 aromatic heterocycles. The highest BCUT2D eigenvalue weighted by Gasteiger charge is 2.33. The number of nitrogens with zero attached hydrogens (tertiary/aromatic N) is 2. The summed E-state index contributed by atoms with van der Waals surface area (Å²) < 4.78 is 5.36. The van der Waals surface area contributed by atoms with Crippen LogP contribution in [0.4, 0.5) is 0 Å². The van der Waals surface area contributed by atoms with Crippen molar-refractivity contribution in [3.63, 3.8) is 0 Å². The SMILES string of the molecule is CCC1SCCSC1c1noc(C(C)(N)CC)n1. The van der Waals surface area contributed by atoms with E-state index in [0.29, 0.717) is 16.4 Å². The van der Waals surface area contributed by atoms with Crippen LogP contribution in [0.5, 0.6) is 0 Å². The van der Waals surface area contributed by atoms with E-state index in [1.807, 2.05) is 37.4 Å². The number of rotatable bonds is 4. The van der Waals surface area contributed by atoms with Crippen LogP contribution >= 0.6 is 23.5 Å². The van der Waals surface area contributed by atoms with Crippen molar-refractivity contribution in [2.45, 2.75) is 49.7 Å². The quantitative estimate of drug-likeness (QED) is 0.918. The minimum atomic E-state index is -0.514. The first-order valence-electron chi connectivity index (χ1n) is 6.44. The summed E-state index contributed by atoms with van der Waals surface area (Å²) in [5.41, 5.74) is 5.62. The van der Waals surface area contributed by atoms with Crippen LogP contribution in [0.2, 0.25) is 0 Å². The van der Waals surface area contributed by atoms with Gasteiger partial charge in [-0.1, -0.05) is 19.0 Å². The molecule has 2 heterocycles. The van der Waals surface area contributed by atoms with E-state index >= 15 is 0 Å². The van der Waals surface area contributed by atoms with Crippen molar-refractivity contribution in [1.29, 1.82) is 0 Å². The summed E-state index contributed by atoms with van der Waals surface area (Å²) >= 11 is 3.95. The van der Waals surface area contributed by atoms with Gasteiger partial charge in [0.05, 0.1) is 10.8 Å². The number of thioether (sulfide) groups is 2. The Kier molecular flexibility index (Phi) is 4.61. The first-order chi connectivity index (χ1) is 8.58. The Morgan fingerprint density at radius 1 is 1.39 bits per heavy atom. The van der Waals surface area contributed by atoms with E-state index in [2.05, 4.69) is 17.1 Å².